The van der Waals surface area contributed by atoms with Gasteiger partial charge >= 0.3 is 5.63 Å². The highest BCUT2D eigenvalue weighted by Crippen LogP contribution is 2.45. The summed E-state index contributed by atoms with van der Waals surface area (Å²) in [6, 6.07) is 17.7. The molecule has 1 aliphatic rings. The van der Waals surface area contributed by atoms with Crippen LogP contribution in [0.15, 0.2) is 69.9 Å². The molecule has 1 amide bonds. The number of methoxy groups -OCH3 is 2. The maximum absolute atomic E-state index is 13.1. The fourth-order valence-corrected chi connectivity index (χ4v) is 4.59. The van der Waals surface area contributed by atoms with Gasteiger partial charge in [-0.3, -0.25) is 4.79 Å². The fraction of sp³-hybridized carbons (Fsp3) is 0.241. The van der Waals surface area contributed by atoms with Crippen molar-refractivity contribution >= 4 is 16.9 Å². The van der Waals surface area contributed by atoms with Gasteiger partial charge in [0.2, 0.25) is 18.4 Å². The van der Waals surface area contributed by atoms with Crippen molar-refractivity contribution in [2.24, 2.45) is 0 Å². The van der Waals surface area contributed by atoms with E-state index >= 15 is 0 Å². The quantitative estimate of drug-likeness (QED) is 0.319. The Morgan fingerprint density at radius 3 is 2.61 bits per heavy atom. The summed E-state index contributed by atoms with van der Waals surface area (Å²) in [6.07, 6.45) is 0.490. The molecule has 9 nitrogen and oxygen atoms in total. The molecule has 1 atom stereocenters. The first-order chi connectivity index (χ1) is 18.5. The lowest BCUT2D eigenvalue weighted by atomic mass is 9.87. The molecule has 9 heteroatoms. The lowest BCUT2D eigenvalue weighted by molar-refractivity contribution is -0.121. The average Bonchev–Trinajstić information content (AvgIpc) is 3.41. The maximum atomic E-state index is 13.1. The molecule has 5 rings (SSSR count). The van der Waals surface area contributed by atoms with Gasteiger partial charge in [-0.15, -0.1) is 0 Å². The molecule has 0 radical (unpaired) electrons. The Bertz CT molecular complexity index is 1530. The Hall–Kier alpha value is -4.66. The molecule has 0 bridgehead atoms. The van der Waals surface area contributed by atoms with Crippen LogP contribution in [-0.2, 0) is 11.2 Å². The number of carbonyl (C=O) groups is 1. The number of nitrogens with one attached hydrogen (secondary N) is 1. The molecular weight excluding hydrogens is 490 g/mol. The predicted molar refractivity (Wildman–Crippen MR) is 139 cm³/mol. The van der Waals surface area contributed by atoms with Gasteiger partial charge < -0.3 is 33.8 Å². The van der Waals surface area contributed by atoms with Gasteiger partial charge in [0.25, 0.3) is 0 Å². The molecule has 0 spiro atoms. The highest BCUT2D eigenvalue weighted by Gasteiger charge is 2.30. The van der Waals surface area contributed by atoms with E-state index in [1.54, 1.807) is 43.5 Å². The molecule has 2 heterocycles. The second-order valence-corrected chi connectivity index (χ2v) is 8.81. The zero-order chi connectivity index (χ0) is 26.6. The van der Waals surface area contributed by atoms with Crippen LogP contribution in [0.1, 0.15) is 29.0 Å². The van der Waals surface area contributed by atoms with Crippen LogP contribution in [0.5, 0.6) is 28.7 Å². The molecule has 196 valence electrons. The third kappa shape index (κ3) is 4.95. The Labute approximate surface area is 218 Å². The van der Waals surface area contributed by atoms with E-state index in [2.05, 4.69) is 5.32 Å². The summed E-state index contributed by atoms with van der Waals surface area (Å²) in [5.41, 5.74) is 1.08. The highest BCUT2D eigenvalue weighted by molar-refractivity contribution is 5.85. The summed E-state index contributed by atoms with van der Waals surface area (Å²) in [5, 5.41) is 14.5. The monoisotopic (exact) mass is 517 g/mol. The van der Waals surface area contributed by atoms with Crippen molar-refractivity contribution in [1.82, 2.24) is 5.32 Å². The molecule has 2 N–H and O–H groups in total. The van der Waals surface area contributed by atoms with E-state index in [9.17, 15) is 14.7 Å². The topological polar surface area (TPSA) is 116 Å². The normalized spacial score (nSPS) is 12.8. The van der Waals surface area contributed by atoms with Crippen LogP contribution in [0.25, 0.3) is 11.0 Å². The van der Waals surface area contributed by atoms with Crippen molar-refractivity contribution in [3.05, 3.63) is 87.8 Å². The highest BCUT2D eigenvalue weighted by atomic mass is 16.7. The number of rotatable bonds is 9. The first-order valence-electron chi connectivity index (χ1n) is 12.1. The van der Waals surface area contributed by atoms with Crippen LogP contribution in [0.3, 0.4) is 0 Å². The molecule has 1 aliphatic heterocycles. The number of aromatic hydroxyl groups is 1. The summed E-state index contributed by atoms with van der Waals surface area (Å²) < 4.78 is 27.2. The Balaban J connectivity index is 1.46. The predicted octanol–water partition coefficient (Wildman–Crippen LogP) is 4.13. The minimum atomic E-state index is -0.847. The molecule has 0 fully saturated rings. The van der Waals surface area contributed by atoms with Gasteiger partial charge in [0, 0.05) is 18.9 Å². The molecule has 4 aromatic rings. The molecular formula is C29H27NO8. The second kappa shape index (κ2) is 10.8. The number of benzene rings is 3. The SMILES string of the molecule is COc1ccc(CCNC(=O)C[C@H](c2cc(OC)c3c(c2)OCO3)c2c(O)c3ccccc3oc2=O)cc1. The Morgan fingerprint density at radius 2 is 1.84 bits per heavy atom. The lowest BCUT2D eigenvalue weighted by Crippen LogP contribution is -2.28. The summed E-state index contributed by atoms with van der Waals surface area (Å²) >= 11 is 0. The molecule has 0 unspecified atom stereocenters. The number of ether oxygens (including phenoxy) is 4. The van der Waals surface area contributed by atoms with Gasteiger partial charge in [0.05, 0.1) is 25.2 Å². The van der Waals surface area contributed by atoms with Gasteiger partial charge in [-0.1, -0.05) is 24.3 Å². The fourth-order valence-electron chi connectivity index (χ4n) is 4.59. The van der Waals surface area contributed by atoms with E-state index in [0.717, 1.165) is 11.3 Å². The first-order valence-corrected chi connectivity index (χ1v) is 12.1. The van der Waals surface area contributed by atoms with Gasteiger partial charge in [0.15, 0.2) is 11.5 Å². The minimum Gasteiger partial charge on any atom is -0.507 e. The number of hydrogen-bond acceptors (Lipinski definition) is 8. The molecule has 3 aromatic carbocycles. The number of carbonyl (C=O) groups excluding carboxylic acids is 1. The third-order valence-electron chi connectivity index (χ3n) is 6.54. The molecule has 1 aromatic heterocycles. The number of amides is 1. The number of para-hydroxylation sites is 1. The lowest BCUT2D eigenvalue weighted by Gasteiger charge is -2.20. The van der Waals surface area contributed by atoms with E-state index < -0.39 is 11.5 Å². The number of hydrogen-bond donors (Lipinski definition) is 2. The van der Waals surface area contributed by atoms with E-state index in [-0.39, 0.29) is 36.0 Å². The van der Waals surface area contributed by atoms with Crippen molar-refractivity contribution in [3.8, 4) is 28.7 Å². The van der Waals surface area contributed by atoms with Crippen molar-refractivity contribution in [3.63, 3.8) is 0 Å². The molecule has 0 saturated heterocycles. The molecule has 0 aliphatic carbocycles. The molecule has 0 saturated carbocycles. The summed E-state index contributed by atoms with van der Waals surface area (Å²) in [6.45, 7) is 0.412. The van der Waals surface area contributed by atoms with Crippen LogP contribution in [-0.4, -0.2) is 38.6 Å². The summed E-state index contributed by atoms with van der Waals surface area (Å²) in [5.74, 6) is 0.637. The van der Waals surface area contributed by atoms with Crippen molar-refractivity contribution < 1.29 is 33.3 Å². The van der Waals surface area contributed by atoms with Crippen LogP contribution in [0.4, 0.5) is 0 Å². The van der Waals surface area contributed by atoms with Crippen molar-refractivity contribution in [1.29, 1.82) is 0 Å². The van der Waals surface area contributed by atoms with Crippen LogP contribution < -0.4 is 29.9 Å². The van der Waals surface area contributed by atoms with E-state index in [1.165, 1.54) is 7.11 Å². The maximum Gasteiger partial charge on any atom is 0.343 e. The second-order valence-electron chi connectivity index (χ2n) is 8.81. The van der Waals surface area contributed by atoms with Gasteiger partial charge in [0.1, 0.15) is 17.1 Å². The standard InChI is InChI=1S/C29H27NO8/c1-34-19-9-7-17(8-10-19)11-12-30-25(31)15-21(18-13-23(35-2)28-24(14-18)36-16-37-28)26-27(32)20-5-3-4-6-22(20)38-29(26)33/h3-10,13-14,21,32H,11-12,15-16H2,1-2H3,(H,30,31)/t21-/m1/s1. The zero-order valence-electron chi connectivity index (χ0n) is 21.0. The average molecular weight is 518 g/mol. The summed E-state index contributed by atoms with van der Waals surface area (Å²) in [4.78, 5) is 26.3. The van der Waals surface area contributed by atoms with Crippen LogP contribution in [0.2, 0.25) is 0 Å². The van der Waals surface area contributed by atoms with Crippen molar-refractivity contribution in [2.75, 3.05) is 27.6 Å². The van der Waals surface area contributed by atoms with E-state index in [1.807, 2.05) is 24.3 Å². The Morgan fingerprint density at radius 1 is 1.05 bits per heavy atom. The third-order valence-corrected chi connectivity index (χ3v) is 6.54. The zero-order valence-corrected chi connectivity index (χ0v) is 21.0. The van der Waals surface area contributed by atoms with Crippen LogP contribution >= 0.6 is 0 Å². The number of fused-ring (bicyclic) bond motifs is 2. The Kier molecular flexibility index (Phi) is 7.08. The largest absolute Gasteiger partial charge is 0.507 e. The smallest absolute Gasteiger partial charge is 0.343 e. The van der Waals surface area contributed by atoms with Crippen LogP contribution in [0, 0.1) is 0 Å². The van der Waals surface area contributed by atoms with Gasteiger partial charge in [-0.25, -0.2) is 4.79 Å². The molecule has 38 heavy (non-hydrogen) atoms. The van der Waals surface area contributed by atoms with Gasteiger partial charge in [-0.2, -0.15) is 0 Å². The van der Waals surface area contributed by atoms with E-state index in [0.29, 0.717) is 41.2 Å². The summed E-state index contributed by atoms with van der Waals surface area (Å²) in [7, 11) is 3.10. The first kappa shape index (κ1) is 25.0. The van der Waals surface area contributed by atoms with E-state index in [4.69, 9.17) is 23.4 Å². The van der Waals surface area contributed by atoms with Gasteiger partial charge in [-0.05, 0) is 53.9 Å². The minimum absolute atomic E-state index is 0.0186. The van der Waals surface area contributed by atoms with Crippen molar-refractivity contribution in [2.45, 2.75) is 18.8 Å².